The van der Waals surface area contributed by atoms with Crippen molar-refractivity contribution < 1.29 is 18.1 Å². The van der Waals surface area contributed by atoms with Gasteiger partial charge in [-0.25, -0.2) is 4.98 Å². The molecule has 0 bridgehead atoms. The van der Waals surface area contributed by atoms with E-state index in [1.807, 2.05) is 0 Å². The zero-order valence-corrected chi connectivity index (χ0v) is 15.1. The quantitative estimate of drug-likeness (QED) is 0.319. The monoisotopic (exact) mass is 433 g/mol. The molecule has 0 aliphatic carbocycles. The zero-order chi connectivity index (χ0) is 19.1. The largest absolute Gasteiger partial charge is 0.418 e. The summed E-state index contributed by atoms with van der Waals surface area (Å²) in [5, 5.41) is 9.82. The van der Waals surface area contributed by atoms with Crippen molar-refractivity contribution in [3.05, 3.63) is 54.2 Å². The van der Waals surface area contributed by atoms with Crippen LogP contribution < -0.4 is 4.90 Å². The lowest BCUT2D eigenvalue weighted by Gasteiger charge is -2.25. The topological polar surface area (TPSA) is 59.3 Å². The van der Waals surface area contributed by atoms with Crippen LogP contribution in [-0.2, 0) is 6.18 Å². The average Bonchev–Trinajstić information content (AvgIpc) is 2.51. The van der Waals surface area contributed by atoms with Crippen molar-refractivity contribution in [3.63, 3.8) is 0 Å². The van der Waals surface area contributed by atoms with Gasteiger partial charge in [-0.2, -0.15) is 13.2 Å². The van der Waals surface area contributed by atoms with Gasteiger partial charge in [-0.05, 0) is 6.07 Å². The third-order valence-corrected chi connectivity index (χ3v) is 4.62. The van der Waals surface area contributed by atoms with Crippen molar-refractivity contribution in [1.82, 2.24) is 4.98 Å². The fourth-order valence-corrected chi connectivity index (χ4v) is 3.01. The first-order valence-corrected chi connectivity index (χ1v) is 7.75. The zero-order valence-electron chi connectivity index (χ0n) is 12.0. The lowest BCUT2D eigenvalue weighted by atomic mass is 10.1. The minimum Gasteiger partial charge on any atom is -0.342 e. The van der Waals surface area contributed by atoms with Crippen LogP contribution in [0.1, 0.15) is 5.56 Å². The van der Waals surface area contributed by atoms with Crippen LogP contribution in [0.3, 0.4) is 0 Å². The highest BCUT2D eigenvalue weighted by molar-refractivity contribution is 6.49. The van der Waals surface area contributed by atoms with Gasteiger partial charge in [-0.3, -0.25) is 10.1 Å². The smallest absolute Gasteiger partial charge is 0.342 e. The molecule has 0 aliphatic heterocycles. The Morgan fingerprint density at radius 2 is 1.64 bits per heavy atom. The van der Waals surface area contributed by atoms with Crippen LogP contribution in [0.2, 0.25) is 20.4 Å². The lowest BCUT2D eigenvalue weighted by molar-refractivity contribution is -0.385. The second kappa shape index (κ2) is 7.03. The van der Waals surface area contributed by atoms with Crippen molar-refractivity contribution in [2.75, 3.05) is 11.9 Å². The Labute approximate surface area is 159 Å². The molecule has 0 atom stereocenters. The number of alkyl halides is 3. The minimum absolute atomic E-state index is 0.118. The van der Waals surface area contributed by atoms with Crippen LogP contribution in [0.15, 0.2) is 18.2 Å². The number of nitro benzene ring substituents is 1. The van der Waals surface area contributed by atoms with Crippen molar-refractivity contribution in [2.24, 2.45) is 0 Å². The maximum absolute atomic E-state index is 13.3. The minimum atomic E-state index is -4.87. The Kier molecular flexibility index (Phi) is 5.58. The predicted molar refractivity (Wildman–Crippen MR) is 90.4 cm³/mol. The number of aromatic nitrogens is 1. The number of nitro groups is 1. The molecule has 1 aromatic heterocycles. The van der Waals surface area contributed by atoms with Crippen molar-refractivity contribution in [2.45, 2.75) is 6.18 Å². The van der Waals surface area contributed by atoms with E-state index in [4.69, 9.17) is 46.4 Å². The summed E-state index contributed by atoms with van der Waals surface area (Å²) in [7, 11) is 1.23. The van der Waals surface area contributed by atoms with Gasteiger partial charge in [0.05, 0.1) is 21.9 Å². The molecule has 0 amide bonds. The van der Waals surface area contributed by atoms with Crippen LogP contribution >= 0.6 is 46.4 Å². The standard InChI is InChI=1S/C13H6Cl4F3N3O2/c1-22(10-8(14)11(16)21-12(17)9(10)15)7-3-2-5(23(24)25)4-6(7)13(18,19)20/h2-4H,1H3. The van der Waals surface area contributed by atoms with E-state index in [0.29, 0.717) is 6.07 Å². The number of benzene rings is 1. The van der Waals surface area contributed by atoms with Crippen LogP contribution in [-0.4, -0.2) is 17.0 Å². The molecule has 0 aliphatic rings. The molecule has 0 saturated carbocycles. The Morgan fingerprint density at radius 3 is 2.08 bits per heavy atom. The van der Waals surface area contributed by atoms with Crippen molar-refractivity contribution in [1.29, 1.82) is 0 Å². The molecule has 1 heterocycles. The van der Waals surface area contributed by atoms with Gasteiger partial charge in [-0.1, -0.05) is 46.4 Å². The molecule has 0 spiro atoms. The second-order valence-electron chi connectivity index (χ2n) is 4.69. The van der Waals surface area contributed by atoms with Gasteiger partial charge in [0, 0.05) is 19.2 Å². The highest BCUT2D eigenvalue weighted by atomic mass is 35.5. The molecule has 12 heteroatoms. The normalized spacial score (nSPS) is 11.5. The fourth-order valence-electron chi connectivity index (χ4n) is 2.05. The highest BCUT2D eigenvalue weighted by Crippen LogP contribution is 2.46. The van der Waals surface area contributed by atoms with E-state index in [2.05, 4.69) is 4.98 Å². The van der Waals surface area contributed by atoms with E-state index >= 15 is 0 Å². The summed E-state index contributed by atoms with van der Waals surface area (Å²) in [6, 6.07) is 2.27. The molecule has 2 aromatic rings. The molecule has 0 unspecified atom stereocenters. The van der Waals surface area contributed by atoms with Gasteiger partial charge < -0.3 is 4.90 Å². The summed E-state index contributed by atoms with van der Waals surface area (Å²) in [5.74, 6) is 0. The van der Waals surface area contributed by atoms with Gasteiger partial charge in [0.1, 0.15) is 10.0 Å². The van der Waals surface area contributed by atoms with E-state index < -0.39 is 28.0 Å². The first-order valence-electron chi connectivity index (χ1n) is 6.24. The SMILES string of the molecule is CN(c1ccc([N+](=O)[O-])cc1C(F)(F)F)c1c(Cl)c(Cl)nc(Cl)c1Cl. The first kappa shape index (κ1) is 19.8. The van der Waals surface area contributed by atoms with E-state index in [1.165, 1.54) is 7.05 Å². The van der Waals surface area contributed by atoms with Gasteiger partial charge in [0.15, 0.2) is 10.3 Å². The van der Waals surface area contributed by atoms with Crippen LogP contribution in [0.25, 0.3) is 0 Å². The first-order chi connectivity index (χ1) is 11.4. The summed E-state index contributed by atoms with van der Waals surface area (Å²) in [5.41, 5.74) is -2.51. The maximum Gasteiger partial charge on any atom is 0.418 e. The van der Waals surface area contributed by atoms with E-state index in [1.54, 1.807) is 0 Å². The number of hydrogen-bond acceptors (Lipinski definition) is 4. The summed E-state index contributed by atoms with van der Waals surface area (Å²) in [4.78, 5) is 14.5. The Hall–Kier alpha value is -1.48. The molecule has 1 aromatic carbocycles. The third kappa shape index (κ3) is 3.87. The number of rotatable bonds is 3. The summed E-state index contributed by atoms with van der Waals surface area (Å²) in [6.45, 7) is 0. The molecule has 0 fully saturated rings. The lowest BCUT2D eigenvalue weighted by Crippen LogP contribution is -2.18. The van der Waals surface area contributed by atoms with Gasteiger partial charge >= 0.3 is 6.18 Å². The molecule has 134 valence electrons. The molecule has 0 saturated heterocycles. The molecule has 0 radical (unpaired) electrons. The third-order valence-electron chi connectivity index (χ3n) is 3.17. The second-order valence-corrected chi connectivity index (χ2v) is 6.16. The number of anilines is 2. The van der Waals surface area contributed by atoms with E-state index in [0.717, 1.165) is 17.0 Å². The summed E-state index contributed by atoms with van der Waals surface area (Å²) in [6.07, 6.45) is -4.87. The Balaban J connectivity index is 2.73. The average molecular weight is 435 g/mol. The van der Waals surface area contributed by atoms with Crippen LogP contribution in [0, 0.1) is 10.1 Å². The van der Waals surface area contributed by atoms with Crippen molar-refractivity contribution in [3.8, 4) is 0 Å². The Morgan fingerprint density at radius 1 is 1.12 bits per heavy atom. The summed E-state index contributed by atoms with van der Waals surface area (Å²) >= 11 is 23.6. The maximum atomic E-state index is 13.3. The molecule has 5 nitrogen and oxygen atoms in total. The van der Waals surface area contributed by atoms with Crippen LogP contribution in [0.4, 0.5) is 30.2 Å². The van der Waals surface area contributed by atoms with E-state index in [-0.39, 0.29) is 26.0 Å². The number of pyridine rings is 1. The fraction of sp³-hybridized carbons (Fsp3) is 0.154. The number of halogens is 7. The number of non-ortho nitro benzene ring substituents is 1. The molecule has 0 N–H and O–H groups in total. The molecular formula is C13H6Cl4F3N3O2. The van der Waals surface area contributed by atoms with Crippen molar-refractivity contribution >= 4 is 63.5 Å². The molecule has 25 heavy (non-hydrogen) atoms. The van der Waals surface area contributed by atoms with Gasteiger partial charge in [0.25, 0.3) is 5.69 Å². The van der Waals surface area contributed by atoms with E-state index in [9.17, 15) is 23.3 Å². The number of nitrogens with zero attached hydrogens (tertiary/aromatic N) is 3. The summed E-state index contributed by atoms with van der Waals surface area (Å²) < 4.78 is 40.0. The highest BCUT2D eigenvalue weighted by Gasteiger charge is 2.37. The molecule has 2 rings (SSSR count). The Bertz CT molecular complexity index is 835. The van der Waals surface area contributed by atoms with Gasteiger partial charge in [-0.15, -0.1) is 0 Å². The number of hydrogen-bond donors (Lipinski definition) is 0. The molecular weight excluding hydrogens is 429 g/mol. The predicted octanol–water partition coefficient (Wildman–Crippen LogP) is 6.39. The van der Waals surface area contributed by atoms with Crippen LogP contribution in [0.5, 0.6) is 0 Å². The van der Waals surface area contributed by atoms with Gasteiger partial charge in [0.2, 0.25) is 0 Å².